The molecule has 0 aliphatic heterocycles. The Morgan fingerprint density at radius 1 is 1.43 bits per heavy atom. The molecule has 0 radical (unpaired) electrons. The quantitative estimate of drug-likeness (QED) is 0.692. The molecule has 1 atom stereocenters. The number of alkyl halides is 3. The molecule has 0 saturated heterocycles. The molecular formula is C9H15F3OS. The highest BCUT2D eigenvalue weighted by molar-refractivity contribution is 8.13. The van der Waals surface area contributed by atoms with Gasteiger partial charge in [-0.05, 0) is 6.42 Å². The molecule has 0 rings (SSSR count). The first kappa shape index (κ1) is 13.8. The number of hydrogen-bond donors (Lipinski definition) is 0. The van der Waals surface area contributed by atoms with E-state index in [0.29, 0.717) is 6.42 Å². The van der Waals surface area contributed by atoms with Gasteiger partial charge in [-0.15, -0.1) is 0 Å². The van der Waals surface area contributed by atoms with Crippen LogP contribution in [0.15, 0.2) is 0 Å². The normalized spacial score (nSPS) is 14.1. The molecule has 1 nitrogen and oxygen atoms in total. The zero-order chi connectivity index (χ0) is 11.2. The van der Waals surface area contributed by atoms with Gasteiger partial charge in [0.05, 0.1) is 0 Å². The molecule has 14 heavy (non-hydrogen) atoms. The first-order valence-electron chi connectivity index (χ1n) is 4.61. The van der Waals surface area contributed by atoms with Crippen LogP contribution < -0.4 is 0 Å². The zero-order valence-electron chi connectivity index (χ0n) is 8.36. The molecule has 0 bridgehead atoms. The zero-order valence-corrected chi connectivity index (χ0v) is 9.17. The Kier molecular flexibility index (Phi) is 6.24. The summed E-state index contributed by atoms with van der Waals surface area (Å²) in [7, 11) is 0. The lowest BCUT2D eigenvalue weighted by molar-refractivity contribution is -0.110. The number of hydrogen-bond acceptors (Lipinski definition) is 2. The van der Waals surface area contributed by atoms with Crippen molar-refractivity contribution in [3.05, 3.63) is 0 Å². The Bertz CT molecular complexity index is 185. The number of halogens is 3. The minimum Gasteiger partial charge on any atom is -0.287 e. The largest absolute Gasteiger partial charge is 0.287 e. The summed E-state index contributed by atoms with van der Waals surface area (Å²) in [5, 5.41) is -0.0861. The van der Waals surface area contributed by atoms with Crippen molar-refractivity contribution in [2.45, 2.75) is 45.2 Å². The van der Waals surface area contributed by atoms with E-state index in [1.807, 2.05) is 0 Å². The lowest BCUT2D eigenvalue weighted by atomic mass is 10.1. The van der Waals surface area contributed by atoms with Crippen LogP contribution >= 0.6 is 11.8 Å². The molecule has 1 unspecified atom stereocenters. The van der Waals surface area contributed by atoms with Crippen molar-refractivity contribution in [1.29, 1.82) is 0 Å². The van der Waals surface area contributed by atoms with E-state index >= 15 is 0 Å². The number of carbonyl (C=O) groups excluding carboxylic acids is 1. The highest BCUT2D eigenvalue weighted by Crippen LogP contribution is 2.28. The average molecular weight is 228 g/mol. The van der Waals surface area contributed by atoms with E-state index in [9.17, 15) is 18.0 Å². The Morgan fingerprint density at radius 2 is 2.00 bits per heavy atom. The Balaban J connectivity index is 3.74. The molecule has 0 saturated carbocycles. The SMILES string of the molecule is CCC(=O)SCCC(F)C(F)(F)CC. The molecule has 0 aromatic heterocycles. The maximum absolute atomic E-state index is 12.9. The fourth-order valence-electron chi connectivity index (χ4n) is 0.811. The van der Waals surface area contributed by atoms with Crippen LogP contribution in [0, 0.1) is 0 Å². The summed E-state index contributed by atoms with van der Waals surface area (Å²) in [5.74, 6) is -3.13. The van der Waals surface area contributed by atoms with Gasteiger partial charge in [0.15, 0.2) is 11.3 Å². The summed E-state index contributed by atoms with van der Waals surface area (Å²) in [6.07, 6.45) is -2.55. The van der Waals surface area contributed by atoms with E-state index in [0.717, 1.165) is 11.8 Å². The lowest BCUT2D eigenvalue weighted by Crippen LogP contribution is -2.29. The fourth-order valence-corrected chi connectivity index (χ4v) is 1.57. The molecular weight excluding hydrogens is 213 g/mol. The van der Waals surface area contributed by atoms with Crippen molar-refractivity contribution in [1.82, 2.24) is 0 Å². The average Bonchev–Trinajstić information content (AvgIpc) is 2.17. The Labute approximate surface area is 86.4 Å². The molecule has 0 aromatic rings. The van der Waals surface area contributed by atoms with Crippen LogP contribution in [0.5, 0.6) is 0 Å². The van der Waals surface area contributed by atoms with Gasteiger partial charge in [-0.1, -0.05) is 25.6 Å². The molecule has 0 aromatic carbocycles. The van der Waals surface area contributed by atoms with Crippen LogP contribution in [0.4, 0.5) is 13.2 Å². The number of rotatable bonds is 6. The van der Waals surface area contributed by atoms with Crippen LogP contribution in [0.25, 0.3) is 0 Å². The second-order valence-corrected chi connectivity index (χ2v) is 4.10. The second-order valence-electron chi connectivity index (χ2n) is 2.94. The molecule has 84 valence electrons. The van der Waals surface area contributed by atoms with E-state index in [1.54, 1.807) is 6.92 Å². The molecule has 0 heterocycles. The number of carbonyl (C=O) groups is 1. The monoisotopic (exact) mass is 228 g/mol. The molecule has 0 spiro atoms. The van der Waals surface area contributed by atoms with E-state index in [4.69, 9.17) is 0 Å². The third-order valence-corrected chi connectivity index (χ3v) is 2.90. The van der Waals surface area contributed by atoms with Crippen molar-refractivity contribution in [3.63, 3.8) is 0 Å². The topological polar surface area (TPSA) is 17.1 Å². The summed E-state index contributed by atoms with van der Waals surface area (Å²) in [4.78, 5) is 10.8. The summed E-state index contributed by atoms with van der Waals surface area (Å²) in [5.41, 5.74) is 0. The van der Waals surface area contributed by atoms with Gasteiger partial charge >= 0.3 is 0 Å². The fraction of sp³-hybridized carbons (Fsp3) is 0.889. The minimum atomic E-state index is -3.25. The van der Waals surface area contributed by atoms with Crippen LogP contribution in [0.3, 0.4) is 0 Å². The van der Waals surface area contributed by atoms with Crippen LogP contribution in [0.2, 0.25) is 0 Å². The maximum Gasteiger partial charge on any atom is 0.278 e. The highest BCUT2D eigenvalue weighted by Gasteiger charge is 2.37. The molecule has 0 fully saturated rings. The van der Waals surface area contributed by atoms with Gasteiger partial charge in [0.2, 0.25) is 0 Å². The van der Waals surface area contributed by atoms with Gasteiger partial charge in [0, 0.05) is 18.6 Å². The summed E-state index contributed by atoms with van der Waals surface area (Å²) < 4.78 is 38.2. The van der Waals surface area contributed by atoms with E-state index < -0.39 is 18.5 Å². The lowest BCUT2D eigenvalue weighted by Gasteiger charge is -2.18. The van der Waals surface area contributed by atoms with Gasteiger partial charge in [0.1, 0.15) is 0 Å². The first-order chi connectivity index (χ1) is 6.44. The third-order valence-electron chi connectivity index (χ3n) is 1.85. The predicted octanol–water partition coefficient (Wildman–Crippen LogP) is 3.43. The van der Waals surface area contributed by atoms with Crippen LogP contribution in [-0.4, -0.2) is 23.0 Å². The van der Waals surface area contributed by atoms with Gasteiger partial charge in [-0.2, -0.15) is 0 Å². The minimum absolute atomic E-state index is 0.0861. The van der Waals surface area contributed by atoms with Crippen molar-refractivity contribution in [2.24, 2.45) is 0 Å². The van der Waals surface area contributed by atoms with Gasteiger partial charge in [-0.3, -0.25) is 4.79 Å². The highest BCUT2D eigenvalue weighted by atomic mass is 32.2. The van der Waals surface area contributed by atoms with Crippen LogP contribution in [-0.2, 0) is 4.79 Å². The van der Waals surface area contributed by atoms with E-state index in [-0.39, 0.29) is 17.3 Å². The molecule has 0 N–H and O–H groups in total. The van der Waals surface area contributed by atoms with Crippen LogP contribution in [0.1, 0.15) is 33.1 Å². The van der Waals surface area contributed by atoms with Crippen molar-refractivity contribution >= 4 is 16.9 Å². The van der Waals surface area contributed by atoms with Crippen molar-refractivity contribution in [3.8, 4) is 0 Å². The second kappa shape index (κ2) is 6.32. The first-order valence-corrected chi connectivity index (χ1v) is 5.60. The predicted molar refractivity (Wildman–Crippen MR) is 52.5 cm³/mol. The van der Waals surface area contributed by atoms with E-state index in [1.165, 1.54) is 6.92 Å². The Hall–Kier alpha value is -0.190. The molecule has 0 amide bonds. The Morgan fingerprint density at radius 3 is 2.43 bits per heavy atom. The summed E-state index contributed by atoms with van der Waals surface area (Å²) >= 11 is 0.919. The molecule has 5 heteroatoms. The van der Waals surface area contributed by atoms with Gasteiger partial charge in [-0.25, -0.2) is 13.2 Å². The number of thioether (sulfide) groups is 1. The van der Waals surface area contributed by atoms with E-state index in [2.05, 4.69) is 0 Å². The maximum atomic E-state index is 12.9. The smallest absolute Gasteiger partial charge is 0.278 e. The van der Waals surface area contributed by atoms with Gasteiger partial charge in [0.25, 0.3) is 5.92 Å². The standard InChI is InChI=1S/C9H15F3OS/c1-3-8(13)14-6-5-7(10)9(11,12)4-2/h7H,3-6H2,1-2H3. The van der Waals surface area contributed by atoms with Gasteiger partial charge < -0.3 is 0 Å². The molecule has 0 aliphatic carbocycles. The van der Waals surface area contributed by atoms with Crippen molar-refractivity contribution < 1.29 is 18.0 Å². The van der Waals surface area contributed by atoms with Crippen molar-refractivity contribution in [2.75, 3.05) is 5.75 Å². The molecule has 0 aliphatic rings. The third kappa shape index (κ3) is 4.88. The summed E-state index contributed by atoms with van der Waals surface area (Å²) in [6, 6.07) is 0. The summed E-state index contributed by atoms with van der Waals surface area (Å²) in [6.45, 7) is 2.93.